The molecule has 150 valence electrons. The average Bonchev–Trinajstić information content (AvgIpc) is 2.59. The summed E-state index contributed by atoms with van der Waals surface area (Å²) in [6.07, 6.45) is 1.11. The summed E-state index contributed by atoms with van der Waals surface area (Å²) in [5.41, 5.74) is 6.90. The highest BCUT2D eigenvalue weighted by atomic mass is 127. The van der Waals surface area contributed by atoms with E-state index in [1.54, 1.807) is 14.2 Å². The van der Waals surface area contributed by atoms with Crippen LogP contribution in [0, 0.1) is 5.92 Å². The van der Waals surface area contributed by atoms with Crippen molar-refractivity contribution in [3.05, 3.63) is 18.2 Å². The number of hydrogen-bond acceptors (Lipinski definition) is 4. The molecular weight excluding hydrogens is 443 g/mol. The maximum Gasteiger partial charge on any atom is 0.193 e. The smallest absolute Gasteiger partial charge is 0.193 e. The van der Waals surface area contributed by atoms with Crippen molar-refractivity contribution in [2.75, 3.05) is 39.2 Å². The fraction of sp³-hybridized carbons (Fsp3) is 0.632. The fourth-order valence-corrected chi connectivity index (χ4v) is 2.93. The molecule has 0 spiro atoms. The van der Waals surface area contributed by atoms with Crippen LogP contribution in [0.5, 0.6) is 11.5 Å². The highest BCUT2D eigenvalue weighted by Crippen LogP contribution is 2.29. The third kappa shape index (κ3) is 7.99. The molecule has 1 atom stereocenters. The maximum atomic E-state index is 6.08. The van der Waals surface area contributed by atoms with E-state index >= 15 is 0 Å². The van der Waals surface area contributed by atoms with Crippen LogP contribution in [0.15, 0.2) is 23.2 Å². The zero-order chi connectivity index (χ0) is 18.8. The van der Waals surface area contributed by atoms with Gasteiger partial charge in [0, 0.05) is 17.8 Å². The number of nitrogens with one attached hydrogen (secondary N) is 1. The first kappa shape index (κ1) is 24.8. The molecule has 0 bridgehead atoms. The van der Waals surface area contributed by atoms with Gasteiger partial charge in [0.15, 0.2) is 17.5 Å². The Kier molecular flexibility index (Phi) is 12.4. The van der Waals surface area contributed by atoms with E-state index in [0.29, 0.717) is 36.0 Å². The first-order valence-corrected chi connectivity index (χ1v) is 8.98. The standard InChI is InChI=1S/C19H34N4O2.HI/c1-7-23(8-2)16(11-14(3)4)13-21-19(20)22-15-9-10-17(24-5)18(12-15)25-6;/h9-10,12,14,16H,7-8,11,13H2,1-6H3,(H3,20,21,22);1H. The molecule has 26 heavy (non-hydrogen) atoms. The van der Waals surface area contributed by atoms with Crippen LogP contribution in [0.25, 0.3) is 0 Å². The van der Waals surface area contributed by atoms with E-state index in [-0.39, 0.29) is 24.0 Å². The number of rotatable bonds is 10. The van der Waals surface area contributed by atoms with Crippen LogP contribution in [0.2, 0.25) is 0 Å². The van der Waals surface area contributed by atoms with E-state index in [0.717, 1.165) is 25.2 Å². The van der Waals surface area contributed by atoms with Crippen molar-refractivity contribution in [3.63, 3.8) is 0 Å². The molecule has 0 aliphatic rings. The number of guanidine groups is 1. The SMILES string of the molecule is CCN(CC)C(CN=C(N)Nc1ccc(OC)c(OC)c1)CC(C)C.I. The molecular formula is C19H35IN4O2. The summed E-state index contributed by atoms with van der Waals surface area (Å²) < 4.78 is 10.6. The molecule has 1 aromatic carbocycles. The van der Waals surface area contributed by atoms with Gasteiger partial charge < -0.3 is 20.5 Å². The lowest BCUT2D eigenvalue weighted by Crippen LogP contribution is -2.39. The molecule has 0 aromatic heterocycles. The van der Waals surface area contributed by atoms with Crippen LogP contribution in [0.1, 0.15) is 34.1 Å². The number of likely N-dealkylation sites (N-methyl/N-ethyl adjacent to an activating group) is 1. The van der Waals surface area contributed by atoms with Crippen LogP contribution in [0.4, 0.5) is 5.69 Å². The van der Waals surface area contributed by atoms with Crippen molar-refractivity contribution in [1.29, 1.82) is 0 Å². The molecule has 0 heterocycles. The minimum absolute atomic E-state index is 0. The number of benzene rings is 1. The van der Waals surface area contributed by atoms with Crippen molar-refractivity contribution in [2.24, 2.45) is 16.6 Å². The van der Waals surface area contributed by atoms with E-state index in [1.165, 1.54) is 0 Å². The third-order valence-electron chi connectivity index (χ3n) is 4.20. The van der Waals surface area contributed by atoms with Gasteiger partial charge in [0.25, 0.3) is 0 Å². The molecule has 0 saturated heterocycles. The van der Waals surface area contributed by atoms with Gasteiger partial charge in [-0.05, 0) is 37.6 Å². The topological polar surface area (TPSA) is 72.1 Å². The normalized spacial score (nSPS) is 12.7. The molecule has 0 aliphatic carbocycles. The molecule has 1 unspecified atom stereocenters. The summed E-state index contributed by atoms with van der Waals surface area (Å²) in [4.78, 5) is 6.99. The summed E-state index contributed by atoms with van der Waals surface area (Å²) in [5, 5.41) is 3.13. The summed E-state index contributed by atoms with van der Waals surface area (Å²) >= 11 is 0. The highest BCUT2D eigenvalue weighted by Gasteiger charge is 2.17. The van der Waals surface area contributed by atoms with Gasteiger partial charge in [-0.2, -0.15) is 0 Å². The molecule has 0 amide bonds. The van der Waals surface area contributed by atoms with Crippen LogP contribution >= 0.6 is 24.0 Å². The summed E-state index contributed by atoms with van der Waals surface area (Å²) in [6, 6.07) is 5.98. The summed E-state index contributed by atoms with van der Waals surface area (Å²) in [6.45, 7) is 11.6. The number of nitrogens with zero attached hydrogens (tertiary/aromatic N) is 2. The molecule has 0 aliphatic heterocycles. The van der Waals surface area contributed by atoms with Gasteiger partial charge in [-0.1, -0.05) is 27.7 Å². The zero-order valence-corrected chi connectivity index (χ0v) is 19.2. The number of aliphatic imine (C=N–C) groups is 1. The van der Waals surface area contributed by atoms with Crippen molar-refractivity contribution >= 4 is 35.6 Å². The Morgan fingerprint density at radius 3 is 2.27 bits per heavy atom. The summed E-state index contributed by atoms with van der Waals surface area (Å²) in [5.74, 6) is 2.37. The summed E-state index contributed by atoms with van der Waals surface area (Å²) in [7, 11) is 3.22. The van der Waals surface area contributed by atoms with Gasteiger partial charge in [0.05, 0.1) is 20.8 Å². The molecule has 0 fully saturated rings. The Balaban J connectivity index is 0.00000625. The second-order valence-corrected chi connectivity index (χ2v) is 6.43. The quantitative estimate of drug-likeness (QED) is 0.304. The Bertz CT molecular complexity index is 548. The molecule has 3 N–H and O–H groups in total. The van der Waals surface area contributed by atoms with Crippen molar-refractivity contribution in [2.45, 2.75) is 40.2 Å². The Morgan fingerprint density at radius 2 is 1.77 bits per heavy atom. The van der Waals surface area contributed by atoms with E-state index < -0.39 is 0 Å². The Labute approximate surface area is 175 Å². The van der Waals surface area contributed by atoms with Gasteiger partial charge in [-0.25, -0.2) is 0 Å². The zero-order valence-electron chi connectivity index (χ0n) is 16.9. The fourth-order valence-electron chi connectivity index (χ4n) is 2.93. The van der Waals surface area contributed by atoms with E-state index in [1.807, 2.05) is 18.2 Å². The lowest BCUT2D eigenvalue weighted by atomic mass is 10.0. The second-order valence-electron chi connectivity index (χ2n) is 6.43. The lowest BCUT2D eigenvalue weighted by molar-refractivity contribution is 0.196. The predicted octanol–water partition coefficient (Wildman–Crippen LogP) is 3.80. The first-order chi connectivity index (χ1) is 11.9. The van der Waals surface area contributed by atoms with Crippen LogP contribution in [-0.4, -0.2) is 50.8 Å². The first-order valence-electron chi connectivity index (χ1n) is 8.98. The van der Waals surface area contributed by atoms with Gasteiger partial charge in [0.2, 0.25) is 0 Å². The minimum atomic E-state index is 0. The molecule has 1 aromatic rings. The number of methoxy groups -OCH3 is 2. The van der Waals surface area contributed by atoms with Gasteiger partial charge in [-0.15, -0.1) is 24.0 Å². The third-order valence-corrected chi connectivity index (χ3v) is 4.20. The van der Waals surface area contributed by atoms with Gasteiger partial charge >= 0.3 is 0 Å². The van der Waals surface area contributed by atoms with Gasteiger partial charge in [0.1, 0.15) is 0 Å². The number of ether oxygens (including phenoxy) is 2. The molecule has 7 heteroatoms. The molecule has 6 nitrogen and oxygen atoms in total. The number of halogens is 1. The van der Waals surface area contributed by atoms with Crippen LogP contribution in [-0.2, 0) is 0 Å². The minimum Gasteiger partial charge on any atom is -0.493 e. The second kappa shape index (κ2) is 13.0. The maximum absolute atomic E-state index is 6.08. The Hall–Kier alpha value is -1.22. The van der Waals surface area contributed by atoms with Crippen LogP contribution in [0.3, 0.4) is 0 Å². The van der Waals surface area contributed by atoms with Crippen molar-refractivity contribution in [3.8, 4) is 11.5 Å². The van der Waals surface area contributed by atoms with Crippen LogP contribution < -0.4 is 20.5 Å². The highest BCUT2D eigenvalue weighted by molar-refractivity contribution is 14.0. The monoisotopic (exact) mass is 478 g/mol. The van der Waals surface area contributed by atoms with E-state index in [4.69, 9.17) is 15.2 Å². The average molecular weight is 478 g/mol. The Morgan fingerprint density at radius 1 is 1.15 bits per heavy atom. The molecule has 0 saturated carbocycles. The van der Waals surface area contributed by atoms with E-state index in [9.17, 15) is 0 Å². The van der Waals surface area contributed by atoms with Crippen molar-refractivity contribution in [1.82, 2.24) is 4.90 Å². The van der Waals surface area contributed by atoms with Crippen molar-refractivity contribution < 1.29 is 9.47 Å². The van der Waals surface area contributed by atoms with E-state index in [2.05, 4.69) is 42.9 Å². The number of nitrogens with two attached hydrogens (primary N) is 1. The largest absolute Gasteiger partial charge is 0.493 e. The number of hydrogen-bond donors (Lipinski definition) is 2. The predicted molar refractivity (Wildman–Crippen MR) is 121 cm³/mol. The number of anilines is 1. The lowest BCUT2D eigenvalue weighted by Gasteiger charge is -2.29. The molecule has 1 rings (SSSR count). The van der Waals surface area contributed by atoms with Gasteiger partial charge in [-0.3, -0.25) is 9.89 Å². The molecule has 0 radical (unpaired) electrons.